The van der Waals surface area contributed by atoms with Crippen molar-refractivity contribution in [2.24, 2.45) is 0 Å². The van der Waals surface area contributed by atoms with Gasteiger partial charge in [0.2, 0.25) is 6.79 Å². The molecule has 3 aromatic rings. The molecule has 0 spiro atoms. The number of nitrogens with zero attached hydrogens (tertiary/aromatic N) is 1. The van der Waals surface area contributed by atoms with E-state index in [1.807, 2.05) is 60.7 Å². The molecule has 0 unspecified atom stereocenters. The number of hydrogen-bond acceptors (Lipinski definition) is 5. The summed E-state index contributed by atoms with van der Waals surface area (Å²) in [6.45, 7) is 0.460. The molecule has 5 nitrogen and oxygen atoms in total. The Morgan fingerprint density at radius 2 is 1.72 bits per heavy atom. The number of fused-ring (bicyclic) bond motifs is 1. The standard InChI is InChI=1S/C24H19NO4/c25-14-20-3-1-2-4-21(20)19-9-5-18(6-10-19)15-27-24(26)12-8-17-7-11-22-23(13-17)29-16-28-22/h1-7,9-11,13H,8,12,15-16H2. The smallest absolute Gasteiger partial charge is 0.306 e. The van der Waals surface area contributed by atoms with E-state index in [9.17, 15) is 10.1 Å². The first-order chi connectivity index (χ1) is 14.2. The Balaban J connectivity index is 1.30. The molecule has 1 heterocycles. The van der Waals surface area contributed by atoms with Gasteiger partial charge in [-0.05, 0) is 46.9 Å². The van der Waals surface area contributed by atoms with Gasteiger partial charge in [0.25, 0.3) is 0 Å². The SMILES string of the molecule is N#Cc1ccccc1-c1ccc(COC(=O)CCc2ccc3c(c2)OCO3)cc1. The number of ether oxygens (including phenoxy) is 3. The summed E-state index contributed by atoms with van der Waals surface area (Å²) in [4.78, 5) is 12.1. The first-order valence-electron chi connectivity index (χ1n) is 9.35. The minimum atomic E-state index is -0.249. The van der Waals surface area contributed by atoms with E-state index in [1.165, 1.54) is 0 Å². The summed E-state index contributed by atoms with van der Waals surface area (Å²) >= 11 is 0. The molecule has 29 heavy (non-hydrogen) atoms. The summed E-state index contributed by atoms with van der Waals surface area (Å²) in [5.41, 5.74) is 4.39. The fourth-order valence-corrected chi connectivity index (χ4v) is 3.19. The van der Waals surface area contributed by atoms with Crippen LogP contribution in [0.4, 0.5) is 0 Å². The normalized spacial score (nSPS) is 11.7. The summed E-state index contributed by atoms with van der Waals surface area (Å²) in [6, 6.07) is 23.1. The number of carbonyl (C=O) groups is 1. The Hall–Kier alpha value is -3.78. The van der Waals surface area contributed by atoms with Gasteiger partial charge in [0.15, 0.2) is 11.5 Å². The van der Waals surface area contributed by atoms with Crippen molar-refractivity contribution in [3.8, 4) is 28.7 Å². The highest BCUT2D eigenvalue weighted by molar-refractivity contribution is 5.71. The van der Waals surface area contributed by atoms with Gasteiger partial charge >= 0.3 is 5.97 Å². The van der Waals surface area contributed by atoms with E-state index in [2.05, 4.69) is 6.07 Å². The molecule has 0 atom stereocenters. The molecule has 0 bridgehead atoms. The predicted molar refractivity (Wildman–Crippen MR) is 107 cm³/mol. The summed E-state index contributed by atoms with van der Waals surface area (Å²) < 4.78 is 16.0. The van der Waals surface area contributed by atoms with Gasteiger partial charge < -0.3 is 14.2 Å². The van der Waals surface area contributed by atoms with E-state index in [0.29, 0.717) is 24.2 Å². The fraction of sp³-hybridized carbons (Fsp3) is 0.167. The van der Waals surface area contributed by atoms with Crippen LogP contribution < -0.4 is 9.47 Å². The molecule has 0 N–H and O–H groups in total. The number of aryl methyl sites for hydroxylation is 1. The van der Waals surface area contributed by atoms with Gasteiger partial charge in [-0.15, -0.1) is 0 Å². The molecular weight excluding hydrogens is 366 g/mol. The zero-order chi connectivity index (χ0) is 20.1. The second-order valence-electron chi connectivity index (χ2n) is 6.70. The van der Waals surface area contributed by atoms with Crippen LogP contribution in [0, 0.1) is 11.3 Å². The molecule has 0 amide bonds. The molecule has 0 aromatic heterocycles. The second-order valence-corrected chi connectivity index (χ2v) is 6.70. The van der Waals surface area contributed by atoms with Crippen LogP contribution in [0.5, 0.6) is 11.5 Å². The van der Waals surface area contributed by atoms with Crippen LogP contribution in [-0.4, -0.2) is 12.8 Å². The maximum atomic E-state index is 12.1. The molecule has 0 aliphatic carbocycles. The highest BCUT2D eigenvalue weighted by Crippen LogP contribution is 2.32. The minimum absolute atomic E-state index is 0.222. The maximum Gasteiger partial charge on any atom is 0.306 e. The number of rotatable bonds is 6. The molecular formula is C24H19NO4. The van der Waals surface area contributed by atoms with Gasteiger partial charge in [-0.25, -0.2) is 0 Å². The van der Waals surface area contributed by atoms with E-state index >= 15 is 0 Å². The Morgan fingerprint density at radius 3 is 2.55 bits per heavy atom. The first kappa shape index (κ1) is 18.6. The van der Waals surface area contributed by atoms with E-state index in [1.54, 1.807) is 6.07 Å². The summed E-state index contributed by atoms with van der Waals surface area (Å²) in [7, 11) is 0. The highest BCUT2D eigenvalue weighted by atomic mass is 16.7. The zero-order valence-electron chi connectivity index (χ0n) is 15.8. The van der Waals surface area contributed by atoms with E-state index in [-0.39, 0.29) is 19.4 Å². The topological polar surface area (TPSA) is 68.5 Å². The van der Waals surface area contributed by atoms with Gasteiger partial charge in [-0.2, -0.15) is 5.26 Å². The van der Waals surface area contributed by atoms with E-state index < -0.39 is 0 Å². The van der Waals surface area contributed by atoms with Crippen molar-refractivity contribution >= 4 is 5.97 Å². The Labute approximate surface area is 169 Å². The van der Waals surface area contributed by atoms with Crippen LogP contribution in [-0.2, 0) is 22.6 Å². The average Bonchev–Trinajstić information content (AvgIpc) is 3.24. The number of esters is 1. The molecule has 4 rings (SSSR count). The number of nitriles is 1. The van der Waals surface area contributed by atoms with Crippen LogP contribution in [0.1, 0.15) is 23.1 Å². The van der Waals surface area contributed by atoms with Crippen LogP contribution in [0.25, 0.3) is 11.1 Å². The summed E-state index contributed by atoms with van der Waals surface area (Å²) in [5.74, 6) is 1.20. The quantitative estimate of drug-likeness (QED) is 0.579. The molecule has 0 saturated heterocycles. The Kier molecular flexibility index (Phi) is 5.44. The third-order valence-corrected chi connectivity index (χ3v) is 4.77. The van der Waals surface area contributed by atoms with Crippen molar-refractivity contribution in [1.29, 1.82) is 5.26 Å². The third-order valence-electron chi connectivity index (χ3n) is 4.77. The van der Waals surface area contributed by atoms with Crippen molar-refractivity contribution in [1.82, 2.24) is 0 Å². The molecule has 1 aliphatic heterocycles. The Morgan fingerprint density at radius 1 is 0.966 bits per heavy atom. The van der Waals surface area contributed by atoms with Crippen molar-refractivity contribution in [3.05, 3.63) is 83.4 Å². The summed E-state index contributed by atoms with van der Waals surface area (Å²) in [6.07, 6.45) is 0.882. The van der Waals surface area contributed by atoms with Crippen LogP contribution >= 0.6 is 0 Å². The van der Waals surface area contributed by atoms with Gasteiger partial charge in [-0.3, -0.25) is 4.79 Å². The van der Waals surface area contributed by atoms with E-state index in [0.717, 1.165) is 28.0 Å². The van der Waals surface area contributed by atoms with Crippen molar-refractivity contribution in [2.45, 2.75) is 19.4 Å². The van der Waals surface area contributed by atoms with Gasteiger partial charge in [-0.1, -0.05) is 48.5 Å². The molecule has 3 aromatic carbocycles. The lowest BCUT2D eigenvalue weighted by molar-refractivity contribution is -0.144. The maximum absolute atomic E-state index is 12.1. The summed E-state index contributed by atoms with van der Waals surface area (Å²) in [5, 5.41) is 9.24. The van der Waals surface area contributed by atoms with Crippen molar-refractivity contribution in [3.63, 3.8) is 0 Å². The van der Waals surface area contributed by atoms with Gasteiger partial charge in [0.1, 0.15) is 6.61 Å². The molecule has 0 fully saturated rings. The van der Waals surface area contributed by atoms with Crippen molar-refractivity contribution in [2.75, 3.05) is 6.79 Å². The second kappa shape index (κ2) is 8.49. The largest absolute Gasteiger partial charge is 0.461 e. The lowest BCUT2D eigenvalue weighted by Gasteiger charge is -2.08. The number of carbonyl (C=O) groups excluding carboxylic acids is 1. The Bertz CT molecular complexity index is 1070. The molecule has 1 aliphatic rings. The van der Waals surface area contributed by atoms with E-state index in [4.69, 9.17) is 14.2 Å². The molecule has 5 heteroatoms. The molecule has 144 valence electrons. The van der Waals surface area contributed by atoms with Crippen LogP contribution in [0.3, 0.4) is 0 Å². The molecule has 0 radical (unpaired) electrons. The zero-order valence-corrected chi connectivity index (χ0v) is 15.8. The van der Waals surface area contributed by atoms with Crippen LogP contribution in [0.15, 0.2) is 66.7 Å². The number of benzene rings is 3. The predicted octanol–water partition coefficient (Wildman–Crippen LogP) is 4.63. The lowest BCUT2D eigenvalue weighted by atomic mass is 9.99. The monoisotopic (exact) mass is 385 g/mol. The third kappa shape index (κ3) is 4.39. The molecule has 0 saturated carbocycles. The van der Waals surface area contributed by atoms with Gasteiger partial charge in [0, 0.05) is 6.42 Å². The fourth-order valence-electron chi connectivity index (χ4n) is 3.19. The number of hydrogen-bond donors (Lipinski definition) is 0. The van der Waals surface area contributed by atoms with Crippen molar-refractivity contribution < 1.29 is 19.0 Å². The van der Waals surface area contributed by atoms with Crippen LogP contribution in [0.2, 0.25) is 0 Å². The minimum Gasteiger partial charge on any atom is -0.461 e. The first-order valence-corrected chi connectivity index (χ1v) is 9.35. The average molecular weight is 385 g/mol. The van der Waals surface area contributed by atoms with Gasteiger partial charge in [0.05, 0.1) is 11.6 Å². The highest BCUT2D eigenvalue weighted by Gasteiger charge is 2.14. The lowest BCUT2D eigenvalue weighted by Crippen LogP contribution is -2.06.